The number of aromatic nitrogens is 2. The smallest absolute Gasteiger partial charge is 0.261 e. The molecule has 2 heterocycles. The molecule has 1 aromatic heterocycles. The zero-order valence-electron chi connectivity index (χ0n) is 15.3. The molecular formula is C21H21N3O3S. The maximum Gasteiger partial charge on any atom is 0.261 e. The molecule has 6 nitrogen and oxygen atoms in total. The number of benzene rings is 2. The van der Waals surface area contributed by atoms with E-state index in [1.54, 1.807) is 22.8 Å². The Morgan fingerprint density at radius 1 is 1.04 bits per heavy atom. The molecule has 1 atom stereocenters. The molecule has 4 rings (SSSR count). The van der Waals surface area contributed by atoms with Crippen molar-refractivity contribution < 1.29 is 8.42 Å². The van der Waals surface area contributed by atoms with Crippen LogP contribution in [0.2, 0.25) is 0 Å². The molecule has 0 saturated carbocycles. The van der Waals surface area contributed by atoms with Crippen LogP contribution in [-0.4, -0.2) is 35.4 Å². The van der Waals surface area contributed by atoms with Gasteiger partial charge in [-0.15, -0.1) is 0 Å². The van der Waals surface area contributed by atoms with Gasteiger partial charge in [-0.2, -0.15) is 4.31 Å². The van der Waals surface area contributed by atoms with Crippen molar-refractivity contribution in [2.24, 2.45) is 0 Å². The average molecular weight is 395 g/mol. The van der Waals surface area contributed by atoms with Crippen molar-refractivity contribution in [3.8, 4) is 0 Å². The zero-order valence-corrected chi connectivity index (χ0v) is 16.1. The first kappa shape index (κ1) is 18.6. The third-order valence-electron chi connectivity index (χ3n) is 5.03. The first-order valence-electron chi connectivity index (χ1n) is 9.24. The van der Waals surface area contributed by atoms with Crippen LogP contribution in [0.15, 0.2) is 71.1 Å². The van der Waals surface area contributed by atoms with Crippen molar-refractivity contribution in [1.29, 1.82) is 0 Å². The van der Waals surface area contributed by atoms with Crippen molar-refractivity contribution in [2.45, 2.75) is 18.9 Å². The number of sulfonamides is 1. The van der Waals surface area contributed by atoms with Crippen LogP contribution in [0.25, 0.3) is 17.0 Å². The van der Waals surface area contributed by atoms with E-state index in [0.717, 1.165) is 12.0 Å². The van der Waals surface area contributed by atoms with Crippen molar-refractivity contribution >= 4 is 27.0 Å². The van der Waals surface area contributed by atoms with Gasteiger partial charge in [-0.05, 0) is 36.6 Å². The minimum absolute atomic E-state index is 0.130. The molecule has 1 aliphatic heterocycles. The van der Waals surface area contributed by atoms with Gasteiger partial charge in [0, 0.05) is 18.5 Å². The molecule has 1 saturated heterocycles. The lowest BCUT2D eigenvalue weighted by Gasteiger charge is -2.32. The van der Waals surface area contributed by atoms with Gasteiger partial charge in [0.25, 0.3) is 5.56 Å². The molecule has 7 heteroatoms. The van der Waals surface area contributed by atoms with Crippen LogP contribution in [0, 0.1) is 0 Å². The van der Waals surface area contributed by atoms with Gasteiger partial charge >= 0.3 is 0 Å². The number of fused-ring (bicyclic) bond motifs is 1. The molecule has 3 aromatic rings. The fraction of sp³-hybridized carbons (Fsp3) is 0.238. The highest BCUT2D eigenvalue weighted by Gasteiger charge is 2.29. The Kier molecular flexibility index (Phi) is 5.11. The Labute approximate surface area is 163 Å². The molecule has 0 amide bonds. The molecule has 2 aromatic carbocycles. The standard InChI is InChI=1S/C21H21N3O3S/c25-21-19-10-4-5-11-20(19)22-16-24(21)18-9-6-13-23(15-18)28(26,27)14-12-17-7-2-1-3-8-17/h1-5,7-8,10-12,14,16,18H,6,9,13,15H2. The Bertz CT molecular complexity index is 1170. The van der Waals surface area contributed by atoms with Crippen LogP contribution >= 0.6 is 0 Å². The van der Waals surface area contributed by atoms with Gasteiger partial charge in [0.2, 0.25) is 10.0 Å². The SMILES string of the molecule is O=c1c2ccccc2ncn1C1CCCN(S(=O)(=O)C=Cc2ccccc2)C1. The normalized spacial score (nSPS) is 18.6. The number of nitrogens with zero attached hydrogens (tertiary/aromatic N) is 3. The van der Waals surface area contributed by atoms with Crippen LogP contribution in [0.1, 0.15) is 24.4 Å². The zero-order chi connectivity index (χ0) is 19.6. The molecule has 1 unspecified atom stereocenters. The molecule has 0 N–H and O–H groups in total. The topological polar surface area (TPSA) is 72.3 Å². The Hall–Kier alpha value is -2.77. The van der Waals surface area contributed by atoms with Gasteiger partial charge in [0.05, 0.1) is 23.3 Å². The summed E-state index contributed by atoms with van der Waals surface area (Å²) < 4.78 is 28.6. The molecule has 28 heavy (non-hydrogen) atoms. The maximum absolute atomic E-state index is 12.8. The van der Waals surface area contributed by atoms with Gasteiger partial charge in [0.15, 0.2) is 0 Å². The van der Waals surface area contributed by atoms with E-state index >= 15 is 0 Å². The van der Waals surface area contributed by atoms with E-state index in [1.807, 2.05) is 42.5 Å². The summed E-state index contributed by atoms with van der Waals surface area (Å²) in [4.78, 5) is 17.2. The minimum Gasteiger partial charge on any atom is -0.294 e. The van der Waals surface area contributed by atoms with E-state index in [-0.39, 0.29) is 18.1 Å². The predicted octanol–water partition coefficient (Wildman–Crippen LogP) is 3.03. The molecular weight excluding hydrogens is 374 g/mol. The lowest BCUT2D eigenvalue weighted by molar-refractivity contribution is 0.264. The highest BCUT2D eigenvalue weighted by Crippen LogP contribution is 2.23. The van der Waals surface area contributed by atoms with Crippen LogP contribution < -0.4 is 5.56 Å². The molecule has 1 aliphatic rings. The van der Waals surface area contributed by atoms with Gasteiger partial charge in [0.1, 0.15) is 0 Å². The average Bonchev–Trinajstić information content (AvgIpc) is 2.74. The van der Waals surface area contributed by atoms with Crippen LogP contribution in [-0.2, 0) is 10.0 Å². The third kappa shape index (κ3) is 3.76. The van der Waals surface area contributed by atoms with E-state index in [9.17, 15) is 13.2 Å². The predicted molar refractivity (Wildman–Crippen MR) is 110 cm³/mol. The largest absolute Gasteiger partial charge is 0.294 e. The minimum atomic E-state index is -3.56. The van der Waals surface area contributed by atoms with Crippen LogP contribution in [0.3, 0.4) is 0 Å². The van der Waals surface area contributed by atoms with Gasteiger partial charge in [-0.3, -0.25) is 9.36 Å². The quantitative estimate of drug-likeness (QED) is 0.681. The molecule has 0 aliphatic carbocycles. The van der Waals surface area contributed by atoms with E-state index in [4.69, 9.17) is 0 Å². The maximum atomic E-state index is 12.8. The Morgan fingerprint density at radius 2 is 1.79 bits per heavy atom. The highest BCUT2D eigenvalue weighted by atomic mass is 32.2. The Balaban J connectivity index is 1.59. The summed E-state index contributed by atoms with van der Waals surface area (Å²) in [7, 11) is -3.56. The molecule has 144 valence electrons. The first-order valence-corrected chi connectivity index (χ1v) is 10.7. The second-order valence-electron chi connectivity index (χ2n) is 6.89. The molecule has 0 bridgehead atoms. The second-order valence-corrected chi connectivity index (χ2v) is 8.71. The number of piperidine rings is 1. The van der Waals surface area contributed by atoms with Gasteiger partial charge in [-0.25, -0.2) is 13.4 Å². The fourth-order valence-electron chi connectivity index (χ4n) is 3.54. The fourth-order valence-corrected chi connectivity index (χ4v) is 4.80. The summed E-state index contributed by atoms with van der Waals surface area (Å²) >= 11 is 0. The van der Waals surface area contributed by atoms with Crippen molar-refractivity contribution in [2.75, 3.05) is 13.1 Å². The first-order chi connectivity index (χ1) is 13.5. The van der Waals surface area contributed by atoms with Crippen molar-refractivity contribution in [1.82, 2.24) is 13.9 Å². The summed E-state index contributed by atoms with van der Waals surface area (Å²) in [6.07, 6.45) is 4.57. The highest BCUT2D eigenvalue weighted by molar-refractivity contribution is 7.92. The summed E-state index contributed by atoms with van der Waals surface area (Å²) in [6, 6.07) is 16.3. The van der Waals surface area contributed by atoms with Crippen molar-refractivity contribution in [3.63, 3.8) is 0 Å². The summed E-state index contributed by atoms with van der Waals surface area (Å²) in [5, 5.41) is 1.79. The number of para-hydroxylation sites is 1. The summed E-state index contributed by atoms with van der Waals surface area (Å²) in [6.45, 7) is 0.717. The van der Waals surface area contributed by atoms with E-state index in [0.29, 0.717) is 23.9 Å². The lowest BCUT2D eigenvalue weighted by atomic mass is 10.1. The van der Waals surface area contributed by atoms with Gasteiger partial charge in [-0.1, -0.05) is 42.5 Å². The van der Waals surface area contributed by atoms with Crippen molar-refractivity contribution in [3.05, 3.63) is 82.2 Å². The van der Waals surface area contributed by atoms with Gasteiger partial charge < -0.3 is 0 Å². The lowest BCUT2D eigenvalue weighted by Crippen LogP contribution is -2.42. The monoisotopic (exact) mass is 395 g/mol. The number of hydrogen-bond acceptors (Lipinski definition) is 4. The summed E-state index contributed by atoms with van der Waals surface area (Å²) in [5.41, 5.74) is 1.35. The van der Waals surface area contributed by atoms with Crippen LogP contribution in [0.4, 0.5) is 0 Å². The van der Waals surface area contributed by atoms with E-state index < -0.39 is 10.0 Å². The molecule has 0 radical (unpaired) electrons. The van der Waals surface area contributed by atoms with E-state index in [1.165, 1.54) is 16.0 Å². The Morgan fingerprint density at radius 3 is 2.61 bits per heavy atom. The second kappa shape index (κ2) is 7.69. The molecule has 1 fully saturated rings. The number of rotatable bonds is 4. The van der Waals surface area contributed by atoms with E-state index in [2.05, 4.69) is 4.98 Å². The number of hydrogen-bond donors (Lipinski definition) is 0. The molecule has 0 spiro atoms. The van der Waals surface area contributed by atoms with Crippen LogP contribution in [0.5, 0.6) is 0 Å². The third-order valence-corrected chi connectivity index (χ3v) is 6.57. The summed E-state index contributed by atoms with van der Waals surface area (Å²) in [5.74, 6) is 0.